The van der Waals surface area contributed by atoms with Gasteiger partial charge in [0.1, 0.15) is 0 Å². The predicted octanol–water partition coefficient (Wildman–Crippen LogP) is 1.46. The lowest BCUT2D eigenvalue weighted by atomic mass is 9.75. The summed E-state index contributed by atoms with van der Waals surface area (Å²) in [4.78, 5) is 2.47. The van der Waals surface area contributed by atoms with Crippen LogP contribution in [0.5, 0.6) is 0 Å². The summed E-state index contributed by atoms with van der Waals surface area (Å²) in [6.07, 6.45) is 2.64. The van der Waals surface area contributed by atoms with E-state index in [-0.39, 0.29) is 0 Å². The van der Waals surface area contributed by atoms with E-state index in [0.29, 0.717) is 11.5 Å². The quantitative estimate of drug-likeness (QED) is 0.692. The fraction of sp³-hybridized carbons (Fsp3) is 1.00. The number of hydrogen-bond acceptors (Lipinski definition) is 2. The Morgan fingerprint density at radius 3 is 2.17 bits per heavy atom. The van der Waals surface area contributed by atoms with Crippen LogP contribution in [0.2, 0.25) is 0 Å². The second-order valence-electron chi connectivity index (χ2n) is 4.35. The van der Waals surface area contributed by atoms with E-state index in [0.717, 1.165) is 6.54 Å². The monoisotopic (exact) mass is 170 g/mol. The normalized spacial score (nSPS) is 25.0. The van der Waals surface area contributed by atoms with Gasteiger partial charge in [0.2, 0.25) is 0 Å². The summed E-state index contributed by atoms with van der Waals surface area (Å²) < 4.78 is 0. The number of nitrogens with zero attached hydrogens (tertiary/aromatic N) is 1. The van der Waals surface area contributed by atoms with E-state index in [1.807, 2.05) is 0 Å². The molecule has 0 spiro atoms. The lowest BCUT2D eigenvalue weighted by Gasteiger charge is -2.50. The highest BCUT2D eigenvalue weighted by molar-refractivity contribution is 4.93. The highest BCUT2D eigenvalue weighted by Crippen LogP contribution is 2.36. The topological polar surface area (TPSA) is 29.3 Å². The SMILES string of the molecule is CCC1(CC)CN(CC(C)N)C1. The molecule has 0 radical (unpaired) electrons. The maximum atomic E-state index is 5.73. The third kappa shape index (κ3) is 1.99. The molecule has 0 aromatic carbocycles. The van der Waals surface area contributed by atoms with Gasteiger partial charge in [0, 0.05) is 25.7 Å². The molecular weight excluding hydrogens is 148 g/mol. The van der Waals surface area contributed by atoms with Crippen LogP contribution in [-0.2, 0) is 0 Å². The van der Waals surface area contributed by atoms with Gasteiger partial charge < -0.3 is 10.6 Å². The minimum atomic E-state index is 0.330. The molecule has 1 saturated heterocycles. The zero-order valence-electron chi connectivity index (χ0n) is 8.64. The highest BCUT2D eigenvalue weighted by Gasteiger charge is 2.39. The number of rotatable bonds is 4. The van der Waals surface area contributed by atoms with Gasteiger partial charge in [-0.15, -0.1) is 0 Å². The predicted molar refractivity (Wildman–Crippen MR) is 53.1 cm³/mol. The highest BCUT2D eigenvalue weighted by atomic mass is 15.2. The van der Waals surface area contributed by atoms with Gasteiger partial charge in [-0.25, -0.2) is 0 Å². The molecule has 0 bridgehead atoms. The summed E-state index contributed by atoms with van der Waals surface area (Å²) in [5, 5.41) is 0. The van der Waals surface area contributed by atoms with Crippen LogP contribution < -0.4 is 5.73 Å². The molecule has 0 amide bonds. The third-order valence-electron chi connectivity index (χ3n) is 3.16. The molecule has 1 heterocycles. The smallest absolute Gasteiger partial charge is 0.0139 e. The van der Waals surface area contributed by atoms with Gasteiger partial charge in [-0.3, -0.25) is 0 Å². The fourth-order valence-electron chi connectivity index (χ4n) is 2.14. The van der Waals surface area contributed by atoms with Crippen molar-refractivity contribution in [3.8, 4) is 0 Å². The first kappa shape index (κ1) is 10.0. The molecule has 1 atom stereocenters. The first-order chi connectivity index (χ1) is 5.62. The van der Waals surface area contributed by atoms with Gasteiger partial charge in [-0.1, -0.05) is 13.8 Å². The maximum Gasteiger partial charge on any atom is 0.0139 e. The second kappa shape index (κ2) is 3.75. The first-order valence-corrected chi connectivity index (χ1v) is 5.10. The Bertz CT molecular complexity index is 131. The van der Waals surface area contributed by atoms with Crippen LogP contribution in [-0.4, -0.2) is 30.6 Å². The van der Waals surface area contributed by atoms with Gasteiger partial charge in [-0.05, 0) is 25.2 Å². The minimum absolute atomic E-state index is 0.330. The summed E-state index contributed by atoms with van der Waals surface area (Å²) in [5.41, 5.74) is 6.37. The molecule has 1 fully saturated rings. The molecule has 1 aliphatic rings. The average Bonchev–Trinajstić information content (AvgIpc) is 1.95. The van der Waals surface area contributed by atoms with E-state index in [9.17, 15) is 0 Å². The summed E-state index contributed by atoms with van der Waals surface area (Å²) in [6.45, 7) is 10.3. The zero-order valence-corrected chi connectivity index (χ0v) is 8.64. The molecule has 0 aliphatic carbocycles. The summed E-state index contributed by atoms with van der Waals surface area (Å²) >= 11 is 0. The van der Waals surface area contributed by atoms with Crippen molar-refractivity contribution in [3.05, 3.63) is 0 Å². The Morgan fingerprint density at radius 2 is 1.83 bits per heavy atom. The Hall–Kier alpha value is -0.0800. The van der Waals surface area contributed by atoms with Gasteiger partial charge in [0.05, 0.1) is 0 Å². The largest absolute Gasteiger partial charge is 0.327 e. The van der Waals surface area contributed by atoms with Crippen molar-refractivity contribution >= 4 is 0 Å². The Balaban J connectivity index is 2.25. The number of likely N-dealkylation sites (tertiary alicyclic amines) is 1. The molecule has 1 rings (SSSR count). The molecule has 0 aromatic rings. The van der Waals surface area contributed by atoms with Crippen LogP contribution in [0.1, 0.15) is 33.6 Å². The van der Waals surface area contributed by atoms with Crippen molar-refractivity contribution in [1.29, 1.82) is 0 Å². The Morgan fingerprint density at radius 1 is 1.33 bits per heavy atom. The Labute approximate surface area is 76.1 Å². The molecule has 2 heteroatoms. The van der Waals surface area contributed by atoms with Crippen LogP contribution in [0, 0.1) is 5.41 Å². The van der Waals surface area contributed by atoms with Crippen molar-refractivity contribution in [2.24, 2.45) is 11.1 Å². The minimum Gasteiger partial charge on any atom is -0.327 e. The van der Waals surface area contributed by atoms with Crippen LogP contribution in [0.25, 0.3) is 0 Å². The molecule has 72 valence electrons. The average molecular weight is 170 g/mol. The van der Waals surface area contributed by atoms with Crippen molar-refractivity contribution < 1.29 is 0 Å². The number of nitrogens with two attached hydrogens (primary N) is 1. The van der Waals surface area contributed by atoms with Crippen LogP contribution in [0.15, 0.2) is 0 Å². The maximum absolute atomic E-state index is 5.73. The molecule has 1 aliphatic heterocycles. The standard InChI is InChI=1S/C10H22N2/c1-4-10(5-2)7-12(8-10)6-9(3)11/h9H,4-8,11H2,1-3H3. The van der Waals surface area contributed by atoms with Gasteiger partial charge in [0.25, 0.3) is 0 Å². The van der Waals surface area contributed by atoms with Gasteiger partial charge >= 0.3 is 0 Å². The lowest BCUT2D eigenvalue weighted by molar-refractivity contribution is -0.00831. The second-order valence-corrected chi connectivity index (χ2v) is 4.35. The summed E-state index contributed by atoms with van der Waals surface area (Å²) in [6, 6.07) is 0.330. The van der Waals surface area contributed by atoms with Crippen LogP contribution >= 0.6 is 0 Å². The van der Waals surface area contributed by atoms with E-state index < -0.39 is 0 Å². The summed E-state index contributed by atoms with van der Waals surface area (Å²) in [7, 11) is 0. The zero-order chi connectivity index (χ0) is 9.19. The molecule has 2 N–H and O–H groups in total. The lowest BCUT2D eigenvalue weighted by Crippen LogP contribution is -2.57. The van der Waals surface area contributed by atoms with Crippen molar-refractivity contribution in [1.82, 2.24) is 4.90 Å². The van der Waals surface area contributed by atoms with Crippen LogP contribution in [0.3, 0.4) is 0 Å². The van der Waals surface area contributed by atoms with E-state index in [2.05, 4.69) is 25.7 Å². The third-order valence-corrected chi connectivity index (χ3v) is 3.16. The van der Waals surface area contributed by atoms with Crippen LogP contribution in [0.4, 0.5) is 0 Å². The first-order valence-electron chi connectivity index (χ1n) is 5.10. The summed E-state index contributed by atoms with van der Waals surface area (Å²) in [5.74, 6) is 0. The Kier molecular flexibility index (Phi) is 3.13. The van der Waals surface area contributed by atoms with Crippen molar-refractivity contribution in [2.75, 3.05) is 19.6 Å². The van der Waals surface area contributed by atoms with Gasteiger partial charge in [-0.2, -0.15) is 0 Å². The molecule has 0 saturated carbocycles. The van der Waals surface area contributed by atoms with Crippen molar-refractivity contribution in [3.63, 3.8) is 0 Å². The van der Waals surface area contributed by atoms with Crippen molar-refractivity contribution in [2.45, 2.75) is 39.7 Å². The van der Waals surface area contributed by atoms with E-state index in [4.69, 9.17) is 5.73 Å². The van der Waals surface area contributed by atoms with E-state index in [1.54, 1.807) is 0 Å². The molecule has 1 unspecified atom stereocenters. The van der Waals surface area contributed by atoms with E-state index >= 15 is 0 Å². The fourth-order valence-corrected chi connectivity index (χ4v) is 2.14. The molecule has 12 heavy (non-hydrogen) atoms. The molecule has 0 aromatic heterocycles. The molecular formula is C10H22N2. The molecule has 2 nitrogen and oxygen atoms in total. The van der Waals surface area contributed by atoms with E-state index in [1.165, 1.54) is 25.9 Å². The van der Waals surface area contributed by atoms with Gasteiger partial charge in [0.15, 0.2) is 0 Å². The number of hydrogen-bond donors (Lipinski definition) is 1.